The number of nitrogens with zero attached hydrogens (tertiary/aromatic N) is 3. The van der Waals surface area contributed by atoms with E-state index in [9.17, 15) is 9.59 Å². The zero-order valence-corrected chi connectivity index (χ0v) is 15.4. The van der Waals surface area contributed by atoms with Crippen LogP contribution in [-0.4, -0.2) is 51.9 Å². The Morgan fingerprint density at radius 1 is 1.31 bits per heavy atom. The molecule has 1 unspecified atom stereocenters. The maximum Gasteiger partial charge on any atom is 0.254 e. The molecule has 1 aliphatic heterocycles. The minimum absolute atomic E-state index is 0.0489. The molecule has 0 saturated carbocycles. The minimum atomic E-state index is -0.226. The zero-order valence-electron chi connectivity index (χ0n) is 15.4. The first kappa shape index (κ1) is 18.3. The summed E-state index contributed by atoms with van der Waals surface area (Å²) in [7, 11) is 2.12. The number of aryl methyl sites for hydroxylation is 1. The summed E-state index contributed by atoms with van der Waals surface area (Å²) in [6, 6.07) is 9.54. The molecule has 0 radical (unpaired) electrons. The highest BCUT2D eigenvalue weighted by Crippen LogP contribution is 2.19. The SMILES string of the molecule is Cc1cc(C(=O)N2CCCC(N(C)Cc3ccccn3)CC2)cc(=O)[nH]1. The Labute approximate surface area is 153 Å². The molecule has 1 atom stereocenters. The number of amides is 1. The molecule has 6 heteroatoms. The molecule has 0 aliphatic carbocycles. The predicted octanol–water partition coefficient (Wildman–Crippen LogP) is 2.21. The lowest BCUT2D eigenvalue weighted by Gasteiger charge is -2.27. The molecule has 3 heterocycles. The van der Waals surface area contributed by atoms with Crippen LogP contribution < -0.4 is 5.56 Å². The van der Waals surface area contributed by atoms with Gasteiger partial charge in [-0.15, -0.1) is 0 Å². The van der Waals surface area contributed by atoms with Crippen molar-refractivity contribution >= 4 is 5.91 Å². The molecule has 0 bridgehead atoms. The topological polar surface area (TPSA) is 69.3 Å². The maximum absolute atomic E-state index is 12.8. The van der Waals surface area contributed by atoms with Crippen molar-refractivity contribution in [2.75, 3.05) is 20.1 Å². The van der Waals surface area contributed by atoms with Crippen LogP contribution in [0.25, 0.3) is 0 Å². The van der Waals surface area contributed by atoms with E-state index in [-0.39, 0.29) is 11.5 Å². The van der Waals surface area contributed by atoms with E-state index in [2.05, 4.69) is 21.9 Å². The van der Waals surface area contributed by atoms with Gasteiger partial charge in [0.25, 0.3) is 5.91 Å². The Bertz CT molecular complexity index is 803. The van der Waals surface area contributed by atoms with Gasteiger partial charge < -0.3 is 9.88 Å². The monoisotopic (exact) mass is 354 g/mol. The summed E-state index contributed by atoms with van der Waals surface area (Å²) in [5.41, 5.74) is 2.03. The predicted molar refractivity (Wildman–Crippen MR) is 101 cm³/mol. The van der Waals surface area contributed by atoms with Gasteiger partial charge in [0.15, 0.2) is 0 Å². The molecule has 26 heavy (non-hydrogen) atoms. The zero-order chi connectivity index (χ0) is 18.5. The van der Waals surface area contributed by atoms with Crippen molar-refractivity contribution in [1.29, 1.82) is 0 Å². The lowest BCUT2D eigenvalue weighted by Crippen LogP contribution is -2.35. The summed E-state index contributed by atoms with van der Waals surface area (Å²) in [4.78, 5) is 35.7. The molecule has 1 N–H and O–H groups in total. The van der Waals surface area contributed by atoms with Crippen LogP contribution in [0.3, 0.4) is 0 Å². The Morgan fingerprint density at radius 3 is 2.88 bits per heavy atom. The highest BCUT2D eigenvalue weighted by Gasteiger charge is 2.24. The Kier molecular flexibility index (Phi) is 5.83. The van der Waals surface area contributed by atoms with Crippen LogP contribution in [0.2, 0.25) is 0 Å². The van der Waals surface area contributed by atoms with Gasteiger partial charge in [0.05, 0.1) is 5.69 Å². The van der Waals surface area contributed by atoms with Crippen LogP contribution in [0.4, 0.5) is 0 Å². The molecule has 0 aromatic carbocycles. The number of H-pyrrole nitrogens is 1. The average molecular weight is 354 g/mol. The van der Waals surface area contributed by atoms with E-state index in [1.807, 2.05) is 29.3 Å². The third-order valence-electron chi connectivity index (χ3n) is 4.97. The van der Waals surface area contributed by atoms with E-state index in [1.54, 1.807) is 13.0 Å². The second kappa shape index (κ2) is 8.27. The molecule has 3 rings (SSSR count). The molecule has 1 fully saturated rings. The van der Waals surface area contributed by atoms with Crippen molar-refractivity contribution in [3.63, 3.8) is 0 Å². The highest BCUT2D eigenvalue weighted by atomic mass is 16.2. The van der Waals surface area contributed by atoms with Gasteiger partial charge in [-0.05, 0) is 51.4 Å². The van der Waals surface area contributed by atoms with Gasteiger partial charge in [-0.1, -0.05) is 6.07 Å². The van der Waals surface area contributed by atoms with Crippen molar-refractivity contribution in [2.45, 2.75) is 38.8 Å². The summed E-state index contributed by atoms with van der Waals surface area (Å²) < 4.78 is 0. The number of hydrogen-bond acceptors (Lipinski definition) is 4. The first-order chi connectivity index (χ1) is 12.5. The molecule has 1 aliphatic rings. The Hall–Kier alpha value is -2.47. The first-order valence-corrected chi connectivity index (χ1v) is 9.13. The normalized spacial score (nSPS) is 18.0. The van der Waals surface area contributed by atoms with Crippen molar-refractivity contribution in [2.24, 2.45) is 0 Å². The van der Waals surface area contributed by atoms with Gasteiger partial charge in [-0.25, -0.2) is 0 Å². The molecule has 2 aromatic heterocycles. The van der Waals surface area contributed by atoms with Gasteiger partial charge in [0.1, 0.15) is 0 Å². The maximum atomic E-state index is 12.8. The van der Waals surface area contributed by atoms with Gasteiger partial charge in [-0.3, -0.25) is 19.5 Å². The van der Waals surface area contributed by atoms with E-state index in [0.717, 1.165) is 38.0 Å². The quantitative estimate of drug-likeness (QED) is 0.914. The van der Waals surface area contributed by atoms with E-state index in [4.69, 9.17) is 0 Å². The summed E-state index contributed by atoms with van der Waals surface area (Å²) in [6.45, 7) is 4.05. The molecule has 138 valence electrons. The standard InChI is InChI=1S/C20H26N4O2/c1-15-12-16(13-19(25)22-15)20(26)24-10-5-7-18(8-11-24)23(2)14-17-6-3-4-9-21-17/h3-4,6,9,12-13,18H,5,7-8,10-11,14H2,1-2H3,(H,22,25). The number of carbonyl (C=O) groups excluding carboxylic acids is 1. The second-order valence-corrected chi connectivity index (χ2v) is 7.03. The van der Waals surface area contributed by atoms with Crippen molar-refractivity contribution < 1.29 is 4.79 Å². The lowest BCUT2D eigenvalue weighted by atomic mass is 10.1. The van der Waals surface area contributed by atoms with Crippen LogP contribution in [-0.2, 0) is 6.54 Å². The molecule has 1 saturated heterocycles. The smallest absolute Gasteiger partial charge is 0.254 e. The number of carbonyl (C=O) groups is 1. The van der Waals surface area contributed by atoms with Crippen molar-refractivity contribution in [1.82, 2.24) is 19.8 Å². The van der Waals surface area contributed by atoms with Crippen molar-refractivity contribution in [3.05, 3.63) is 63.8 Å². The van der Waals surface area contributed by atoms with Gasteiger partial charge >= 0.3 is 0 Å². The number of hydrogen-bond donors (Lipinski definition) is 1. The summed E-state index contributed by atoms with van der Waals surface area (Å²) in [5.74, 6) is -0.0489. The number of rotatable bonds is 4. The summed E-state index contributed by atoms with van der Waals surface area (Å²) in [6.07, 6.45) is 4.77. The molecule has 1 amide bonds. The van der Waals surface area contributed by atoms with Gasteiger partial charge in [0, 0.05) is 49.2 Å². The summed E-state index contributed by atoms with van der Waals surface area (Å²) in [5, 5.41) is 0. The van der Waals surface area contributed by atoms with Crippen LogP contribution in [0.5, 0.6) is 0 Å². The van der Waals surface area contributed by atoms with Crippen LogP contribution in [0, 0.1) is 6.92 Å². The molecule has 0 spiro atoms. The molecule has 2 aromatic rings. The summed E-state index contributed by atoms with van der Waals surface area (Å²) >= 11 is 0. The number of aromatic amines is 1. The van der Waals surface area contributed by atoms with E-state index in [1.165, 1.54) is 6.07 Å². The second-order valence-electron chi connectivity index (χ2n) is 7.03. The molecule has 6 nitrogen and oxygen atoms in total. The highest BCUT2D eigenvalue weighted by molar-refractivity contribution is 5.94. The fourth-order valence-corrected chi connectivity index (χ4v) is 3.59. The van der Waals surface area contributed by atoms with Gasteiger partial charge in [-0.2, -0.15) is 0 Å². The van der Waals surface area contributed by atoms with Gasteiger partial charge in [0.2, 0.25) is 5.56 Å². The van der Waals surface area contributed by atoms with Crippen molar-refractivity contribution in [3.8, 4) is 0 Å². The van der Waals surface area contributed by atoms with E-state index >= 15 is 0 Å². The number of likely N-dealkylation sites (tertiary alicyclic amines) is 1. The largest absolute Gasteiger partial charge is 0.339 e. The Morgan fingerprint density at radius 2 is 2.15 bits per heavy atom. The fraction of sp³-hybridized carbons (Fsp3) is 0.450. The molecular weight excluding hydrogens is 328 g/mol. The van der Waals surface area contributed by atoms with Crippen LogP contribution in [0.15, 0.2) is 41.3 Å². The Balaban J connectivity index is 1.62. The van der Waals surface area contributed by atoms with Crippen LogP contribution >= 0.6 is 0 Å². The lowest BCUT2D eigenvalue weighted by molar-refractivity contribution is 0.0757. The fourth-order valence-electron chi connectivity index (χ4n) is 3.59. The third-order valence-corrected chi connectivity index (χ3v) is 4.97. The van der Waals surface area contributed by atoms with E-state index < -0.39 is 0 Å². The van der Waals surface area contributed by atoms with E-state index in [0.29, 0.717) is 23.8 Å². The molecular formula is C20H26N4O2. The number of nitrogens with one attached hydrogen (secondary N) is 1. The number of pyridine rings is 2. The third kappa shape index (κ3) is 4.58. The number of aromatic nitrogens is 2. The van der Waals surface area contributed by atoms with Crippen LogP contribution in [0.1, 0.15) is 41.0 Å². The minimum Gasteiger partial charge on any atom is -0.339 e. The first-order valence-electron chi connectivity index (χ1n) is 9.13. The average Bonchev–Trinajstić information content (AvgIpc) is 2.87.